The number of rotatable bonds is 2. The van der Waals surface area contributed by atoms with E-state index < -0.39 is 33.0 Å². The zero-order valence-electron chi connectivity index (χ0n) is 7.55. The summed E-state index contributed by atoms with van der Waals surface area (Å²) in [6, 6.07) is 1.37. The average molecular weight is 241 g/mol. The molecule has 1 aromatic carbocycles. The Morgan fingerprint density at radius 1 is 1.20 bits per heavy atom. The normalized spacial score (nSPS) is 12.9. The van der Waals surface area contributed by atoms with Gasteiger partial charge in [-0.25, -0.2) is 12.8 Å². The van der Waals surface area contributed by atoms with E-state index in [1.54, 1.807) is 0 Å². The molecule has 0 aliphatic rings. The highest BCUT2D eigenvalue weighted by Crippen LogP contribution is 2.16. The fraction of sp³-hybridized carbons (Fsp3) is 0.143. The quantitative estimate of drug-likeness (QED) is 0.577. The fourth-order valence-corrected chi connectivity index (χ4v) is 1.75. The van der Waals surface area contributed by atoms with Crippen LogP contribution in [0.15, 0.2) is 23.1 Å². The first kappa shape index (κ1) is 12.0. The molecule has 1 rings (SSSR count). The van der Waals surface area contributed by atoms with E-state index in [-0.39, 0.29) is 6.07 Å². The zero-order chi connectivity index (χ0) is 11.9. The summed E-state index contributed by atoms with van der Waals surface area (Å²) in [6.45, 7) is -5.31. The summed E-state index contributed by atoms with van der Waals surface area (Å²) in [5.41, 5.74) is -1.15. The molecule has 0 radical (unpaired) electrons. The predicted octanol–water partition coefficient (Wildman–Crippen LogP) is 1.28. The van der Waals surface area contributed by atoms with Crippen molar-refractivity contribution in [3.05, 3.63) is 24.0 Å². The van der Waals surface area contributed by atoms with Gasteiger partial charge in [0, 0.05) is 6.26 Å². The van der Waals surface area contributed by atoms with Crippen molar-refractivity contribution in [1.82, 2.24) is 0 Å². The lowest BCUT2D eigenvalue weighted by atomic mass is 9.80. The highest BCUT2D eigenvalue weighted by Gasteiger charge is 2.27. The van der Waals surface area contributed by atoms with Gasteiger partial charge in [0.1, 0.15) is 10.7 Å². The maximum Gasteiger partial charge on any atom is 0.509 e. The Labute approximate surface area is 83.9 Å². The lowest BCUT2D eigenvalue weighted by molar-refractivity contribution is 0.499. The van der Waals surface area contributed by atoms with Gasteiger partial charge in [-0.15, -0.1) is 5.46 Å². The molecule has 0 unspecified atom stereocenters. The summed E-state index contributed by atoms with van der Waals surface area (Å²) >= 11 is 0. The standard InChI is InChI=1S/C7H6BF4O2S/c1-15(13,14)7-3-2-5(4-6(7)9)8(10,11)12/h2-4H,1H3/q-1. The molecule has 0 fully saturated rings. The molecule has 0 aliphatic heterocycles. The van der Waals surface area contributed by atoms with Crippen LogP contribution in [0.1, 0.15) is 0 Å². The van der Waals surface area contributed by atoms with Crippen molar-refractivity contribution in [2.24, 2.45) is 0 Å². The molecule has 0 atom stereocenters. The summed E-state index contributed by atoms with van der Waals surface area (Å²) in [7, 11) is -3.83. The van der Waals surface area contributed by atoms with Gasteiger partial charge in [-0.3, -0.25) is 0 Å². The molecule has 0 spiro atoms. The largest absolute Gasteiger partial charge is 0.509 e. The predicted molar refractivity (Wildman–Crippen MR) is 48.2 cm³/mol. The van der Waals surface area contributed by atoms with Crippen molar-refractivity contribution in [2.45, 2.75) is 4.90 Å². The van der Waals surface area contributed by atoms with Crippen molar-refractivity contribution in [3.8, 4) is 0 Å². The van der Waals surface area contributed by atoms with E-state index in [0.29, 0.717) is 12.1 Å². The van der Waals surface area contributed by atoms with Gasteiger partial charge < -0.3 is 12.9 Å². The molecule has 0 bridgehead atoms. The first-order chi connectivity index (χ1) is 6.62. The third kappa shape index (κ3) is 2.71. The van der Waals surface area contributed by atoms with Gasteiger partial charge >= 0.3 is 6.98 Å². The summed E-state index contributed by atoms with van der Waals surface area (Å²) < 4.78 is 71.2. The second-order valence-electron chi connectivity index (χ2n) is 3.04. The topological polar surface area (TPSA) is 34.1 Å². The van der Waals surface area contributed by atoms with Gasteiger partial charge in [0.2, 0.25) is 0 Å². The van der Waals surface area contributed by atoms with E-state index in [1.165, 1.54) is 0 Å². The SMILES string of the molecule is CS(=O)(=O)c1ccc([B-](F)(F)F)cc1F. The van der Waals surface area contributed by atoms with E-state index in [4.69, 9.17) is 0 Å². The molecule has 1 aromatic rings. The molecule has 0 saturated carbocycles. The van der Waals surface area contributed by atoms with Gasteiger partial charge in [-0.2, -0.15) is 0 Å². The second kappa shape index (κ2) is 3.51. The molecule has 15 heavy (non-hydrogen) atoms. The van der Waals surface area contributed by atoms with Crippen molar-refractivity contribution in [2.75, 3.05) is 6.26 Å². The van der Waals surface area contributed by atoms with Crippen LogP contribution in [0.25, 0.3) is 0 Å². The Balaban J connectivity index is 3.34. The molecule has 8 heteroatoms. The number of benzene rings is 1. The van der Waals surface area contributed by atoms with Crippen molar-refractivity contribution in [1.29, 1.82) is 0 Å². The molecule has 84 valence electrons. The minimum Gasteiger partial charge on any atom is -0.445 e. The summed E-state index contributed by atoms with van der Waals surface area (Å²) in [5.74, 6) is -1.38. The van der Waals surface area contributed by atoms with E-state index in [2.05, 4.69) is 0 Å². The Morgan fingerprint density at radius 3 is 2.07 bits per heavy atom. The molecule has 0 aromatic heterocycles. The molecule has 0 saturated heterocycles. The Bertz CT molecular complexity index is 480. The lowest BCUT2D eigenvalue weighted by Gasteiger charge is -2.15. The Morgan fingerprint density at radius 2 is 1.73 bits per heavy atom. The maximum absolute atomic E-state index is 13.0. The zero-order valence-corrected chi connectivity index (χ0v) is 8.36. The second-order valence-corrected chi connectivity index (χ2v) is 5.02. The number of hydrogen-bond acceptors (Lipinski definition) is 2. The first-order valence-electron chi connectivity index (χ1n) is 3.82. The van der Waals surface area contributed by atoms with Crippen molar-refractivity contribution < 1.29 is 25.8 Å². The van der Waals surface area contributed by atoms with Crippen LogP contribution in [0.4, 0.5) is 17.3 Å². The monoisotopic (exact) mass is 241 g/mol. The maximum atomic E-state index is 13.0. The minimum atomic E-state index is -5.31. The van der Waals surface area contributed by atoms with E-state index in [9.17, 15) is 25.8 Å². The van der Waals surface area contributed by atoms with Crippen LogP contribution in [-0.4, -0.2) is 21.7 Å². The first-order valence-corrected chi connectivity index (χ1v) is 5.71. The molecular weight excluding hydrogens is 235 g/mol. The lowest BCUT2D eigenvalue weighted by Crippen LogP contribution is -2.34. The summed E-state index contributed by atoms with van der Waals surface area (Å²) in [4.78, 5) is -0.730. The number of halogens is 4. The highest BCUT2D eigenvalue weighted by molar-refractivity contribution is 7.90. The molecule has 0 heterocycles. The van der Waals surface area contributed by atoms with Crippen LogP contribution in [0, 0.1) is 5.82 Å². The van der Waals surface area contributed by atoms with Crippen LogP contribution < -0.4 is 5.46 Å². The highest BCUT2D eigenvalue weighted by atomic mass is 32.2. The molecule has 0 amide bonds. The van der Waals surface area contributed by atoms with Crippen molar-refractivity contribution in [3.63, 3.8) is 0 Å². The van der Waals surface area contributed by atoms with Gasteiger partial charge in [0.15, 0.2) is 9.84 Å². The fourth-order valence-electron chi connectivity index (χ4n) is 1.02. The summed E-state index contributed by atoms with van der Waals surface area (Å²) in [6.07, 6.45) is 0.726. The van der Waals surface area contributed by atoms with Crippen LogP contribution in [0.2, 0.25) is 0 Å². The number of hydrogen-bond donors (Lipinski definition) is 0. The van der Waals surface area contributed by atoms with Crippen LogP contribution in [0.3, 0.4) is 0 Å². The Kier molecular flexibility index (Phi) is 2.82. The molecular formula is C7H6BF4O2S-. The molecule has 0 N–H and O–H groups in total. The van der Waals surface area contributed by atoms with E-state index in [1.807, 2.05) is 0 Å². The Hall–Kier alpha value is -1.05. The average Bonchev–Trinajstić information content (AvgIpc) is 1.99. The van der Waals surface area contributed by atoms with Crippen LogP contribution >= 0.6 is 0 Å². The number of sulfone groups is 1. The van der Waals surface area contributed by atoms with Gasteiger partial charge in [0.05, 0.1) is 0 Å². The third-order valence-corrected chi connectivity index (χ3v) is 2.86. The minimum absolute atomic E-state index is 0.191. The van der Waals surface area contributed by atoms with Gasteiger partial charge in [0.25, 0.3) is 0 Å². The van der Waals surface area contributed by atoms with E-state index in [0.717, 1.165) is 6.26 Å². The van der Waals surface area contributed by atoms with E-state index >= 15 is 0 Å². The molecule has 0 aliphatic carbocycles. The van der Waals surface area contributed by atoms with Gasteiger partial charge in [-0.1, -0.05) is 12.1 Å². The molecule has 2 nitrogen and oxygen atoms in total. The third-order valence-electron chi connectivity index (χ3n) is 1.73. The summed E-state index contributed by atoms with van der Waals surface area (Å²) in [5, 5.41) is 0. The van der Waals surface area contributed by atoms with Crippen LogP contribution in [-0.2, 0) is 9.84 Å². The smallest absolute Gasteiger partial charge is 0.445 e. The van der Waals surface area contributed by atoms with Crippen molar-refractivity contribution >= 4 is 22.3 Å². The van der Waals surface area contributed by atoms with Crippen LogP contribution in [0.5, 0.6) is 0 Å². The van der Waals surface area contributed by atoms with Gasteiger partial charge in [-0.05, 0) is 6.07 Å².